The number of ether oxygens (including phenoxy) is 2. The molecule has 0 aliphatic heterocycles. The van der Waals surface area contributed by atoms with Crippen LogP contribution in [0.3, 0.4) is 0 Å². The van der Waals surface area contributed by atoms with Gasteiger partial charge in [0.1, 0.15) is 6.61 Å². The molecule has 1 aromatic carbocycles. The van der Waals surface area contributed by atoms with E-state index in [9.17, 15) is 4.79 Å². The predicted molar refractivity (Wildman–Crippen MR) is 107 cm³/mol. The molecule has 0 heterocycles. The molecule has 5 nitrogen and oxygen atoms in total. The molecule has 1 N–H and O–H groups in total. The van der Waals surface area contributed by atoms with Crippen molar-refractivity contribution in [2.75, 3.05) is 34.4 Å². The lowest BCUT2D eigenvalue weighted by Crippen LogP contribution is -2.22. The first-order valence-corrected chi connectivity index (χ1v) is 9.78. The monoisotopic (exact) mass is 364 g/mol. The molecule has 148 valence electrons. The Morgan fingerprint density at radius 2 is 1.81 bits per heavy atom. The second kappa shape index (κ2) is 13.5. The van der Waals surface area contributed by atoms with E-state index in [4.69, 9.17) is 9.47 Å². The van der Waals surface area contributed by atoms with Gasteiger partial charge in [-0.05, 0) is 38.2 Å². The van der Waals surface area contributed by atoms with Crippen molar-refractivity contribution in [3.05, 3.63) is 23.8 Å². The molecule has 0 radical (unpaired) electrons. The van der Waals surface area contributed by atoms with Crippen LogP contribution in [0.25, 0.3) is 0 Å². The Labute approximate surface area is 159 Å². The molecule has 1 rings (SSSR count). The number of nitrogens with zero attached hydrogens (tertiary/aromatic N) is 1. The van der Waals surface area contributed by atoms with Crippen molar-refractivity contribution in [2.24, 2.45) is 0 Å². The highest BCUT2D eigenvalue weighted by molar-refractivity contribution is 5.75. The van der Waals surface area contributed by atoms with Crippen LogP contribution in [0.1, 0.15) is 57.4 Å². The normalized spacial score (nSPS) is 10.8. The Bertz CT molecular complexity index is 518. The van der Waals surface area contributed by atoms with E-state index >= 15 is 0 Å². The average Bonchev–Trinajstić information content (AvgIpc) is 2.63. The lowest BCUT2D eigenvalue weighted by molar-refractivity contribution is -0.121. The average molecular weight is 365 g/mol. The van der Waals surface area contributed by atoms with Crippen molar-refractivity contribution in [1.29, 1.82) is 0 Å². The first kappa shape index (κ1) is 22.3. The minimum atomic E-state index is 0.116. The Kier molecular flexibility index (Phi) is 11.5. The lowest BCUT2D eigenvalue weighted by Gasteiger charge is -2.14. The zero-order valence-electron chi connectivity index (χ0n) is 17.0. The van der Waals surface area contributed by atoms with Gasteiger partial charge < -0.3 is 19.7 Å². The summed E-state index contributed by atoms with van der Waals surface area (Å²) in [5, 5.41) is 2.99. The van der Waals surface area contributed by atoms with E-state index in [1.54, 1.807) is 7.11 Å². The van der Waals surface area contributed by atoms with E-state index < -0.39 is 0 Å². The molecule has 0 fully saturated rings. The standard InChI is InChI=1S/C21H36N2O3/c1-5-6-7-8-9-10-11-21(24)22-17-18-12-13-19(20(16-18)25-4)26-15-14-23(2)3/h12-13,16H,5-11,14-15,17H2,1-4H3,(H,22,24). The van der Waals surface area contributed by atoms with E-state index in [1.807, 2.05) is 32.3 Å². The third kappa shape index (κ3) is 9.66. The van der Waals surface area contributed by atoms with Crippen molar-refractivity contribution in [3.63, 3.8) is 0 Å². The first-order chi connectivity index (χ1) is 12.6. The summed E-state index contributed by atoms with van der Waals surface area (Å²) >= 11 is 0. The Morgan fingerprint density at radius 1 is 1.08 bits per heavy atom. The molecule has 0 aromatic heterocycles. The zero-order chi connectivity index (χ0) is 19.2. The van der Waals surface area contributed by atoms with Gasteiger partial charge in [0.2, 0.25) is 5.91 Å². The summed E-state index contributed by atoms with van der Waals surface area (Å²) in [6.07, 6.45) is 7.77. The van der Waals surface area contributed by atoms with E-state index in [0.717, 1.165) is 30.7 Å². The van der Waals surface area contributed by atoms with Crippen molar-refractivity contribution >= 4 is 5.91 Å². The topological polar surface area (TPSA) is 50.8 Å². The number of hydrogen-bond donors (Lipinski definition) is 1. The summed E-state index contributed by atoms with van der Waals surface area (Å²) < 4.78 is 11.2. The van der Waals surface area contributed by atoms with E-state index in [1.165, 1.54) is 25.7 Å². The van der Waals surface area contributed by atoms with Crippen molar-refractivity contribution < 1.29 is 14.3 Å². The van der Waals surface area contributed by atoms with Gasteiger partial charge in [0.25, 0.3) is 0 Å². The Morgan fingerprint density at radius 3 is 2.50 bits per heavy atom. The molecule has 0 saturated heterocycles. The fourth-order valence-electron chi connectivity index (χ4n) is 2.63. The summed E-state index contributed by atoms with van der Waals surface area (Å²) in [5.41, 5.74) is 1.01. The maximum atomic E-state index is 12.0. The largest absolute Gasteiger partial charge is 0.493 e. The minimum absolute atomic E-state index is 0.116. The van der Waals surface area contributed by atoms with Gasteiger partial charge in [0.15, 0.2) is 11.5 Å². The summed E-state index contributed by atoms with van der Waals surface area (Å²) in [7, 11) is 5.66. The van der Waals surface area contributed by atoms with Gasteiger partial charge in [-0.15, -0.1) is 0 Å². The van der Waals surface area contributed by atoms with Crippen LogP contribution in [-0.2, 0) is 11.3 Å². The number of nitrogens with one attached hydrogen (secondary N) is 1. The SMILES string of the molecule is CCCCCCCCC(=O)NCc1ccc(OCCN(C)C)c(OC)c1. The Hall–Kier alpha value is -1.75. The fraction of sp³-hybridized carbons (Fsp3) is 0.667. The molecule has 0 saturated carbocycles. The molecular formula is C21H36N2O3. The molecule has 0 unspecified atom stereocenters. The summed E-state index contributed by atoms with van der Waals surface area (Å²) in [4.78, 5) is 14.0. The highest BCUT2D eigenvalue weighted by atomic mass is 16.5. The fourth-order valence-corrected chi connectivity index (χ4v) is 2.63. The molecule has 0 atom stereocenters. The quantitative estimate of drug-likeness (QED) is 0.507. The summed E-state index contributed by atoms with van der Waals surface area (Å²) in [6, 6.07) is 5.80. The van der Waals surface area contributed by atoms with Crippen LogP contribution in [0.15, 0.2) is 18.2 Å². The smallest absolute Gasteiger partial charge is 0.220 e. The highest BCUT2D eigenvalue weighted by Crippen LogP contribution is 2.28. The second-order valence-corrected chi connectivity index (χ2v) is 6.93. The Balaban J connectivity index is 2.34. The molecule has 0 aliphatic rings. The predicted octanol–water partition coefficient (Wildman–Crippen LogP) is 4.00. The number of methoxy groups -OCH3 is 1. The lowest BCUT2D eigenvalue weighted by atomic mass is 10.1. The van der Waals surface area contributed by atoms with Gasteiger partial charge in [-0.25, -0.2) is 0 Å². The van der Waals surface area contributed by atoms with Gasteiger partial charge in [-0.2, -0.15) is 0 Å². The maximum Gasteiger partial charge on any atom is 0.220 e. The van der Waals surface area contributed by atoms with Crippen molar-refractivity contribution in [2.45, 2.75) is 58.4 Å². The number of amides is 1. The van der Waals surface area contributed by atoms with Gasteiger partial charge >= 0.3 is 0 Å². The van der Waals surface area contributed by atoms with Gasteiger partial charge in [0.05, 0.1) is 7.11 Å². The number of unbranched alkanes of at least 4 members (excludes halogenated alkanes) is 5. The second-order valence-electron chi connectivity index (χ2n) is 6.93. The summed E-state index contributed by atoms with van der Waals surface area (Å²) in [5.74, 6) is 1.55. The minimum Gasteiger partial charge on any atom is -0.493 e. The number of hydrogen-bond acceptors (Lipinski definition) is 4. The van der Waals surface area contributed by atoms with E-state index in [0.29, 0.717) is 25.3 Å². The molecule has 0 aliphatic carbocycles. The number of carbonyl (C=O) groups excluding carboxylic acids is 1. The van der Waals surface area contributed by atoms with Crippen LogP contribution < -0.4 is 14.8 Å². The third-order valence-electron chi connectivity index (χ3n) is 4.27. The highest BCUT2D eigenvalue weighted by Gasteiger charge is 2.07. The first-order valence-electron chi connectivity index (χ1n) is 9.78. The molecule has 0 bridgehead atoms. The van der Waals surface area contributed by atoms with Gasteiger partial charge in [-0.3, -0.25) is 4.79 Å². The molecule has 1 amide bonds. The molecule has 5 heteroatoms. The number of rotatable bonds is 14. The maximum absolute atomic E-state index is 12.0. The van der Waals surface area contributed by atoms with Crippen molar-refractivity contribution in [1.82, 2.24) is 10.2 Å². The molecule has 0 spiro atoms. The van der Waals surface area contributed by atoms with Crippen LogP contribution in [0.5, 0.6) is 11.5 Å². The van der Waals surface area contributed by atoms with Gasteiger partial charge in [-0.1, -0.05) is 45.1 Å². The van der Waals surface area contributed by atoms with Crippen LogP contribution in [0, 0.1) is 0 Å². The molecular weight excluding hydrogens is 328 g/mol. The van der Waals surface area contributed by atoms with Crippen molar-refractivity contribution in [3.8, 4) is 11.5 Å². The van der Waals surface area contributed by atoms with Crippen LogP contribution in [0.2, 0.25) is 0 Å². The molecule has 26 heavy (non-hydrogen) atoms. The zero-order valence-corrected chi connectivity index (χ0v) is 17.0. The van der Waals surface area contributed by atoms with E-state index in [2.05, 4.69) is 17.1 Å². The van der Waals surface area contributed by atoms with Gasteiger partial charge in [0, 0.05) is 19.5 Å². The number of carbonyl (C=O) groups is 1. The van der Waals surface area contributed by atoms with Crippen LogP contribution in [0.4, 0.5) is 0 Å². The number of likely N-dealkylation sites (N-methyl/N-ethyl adjacent to an activating group) is 1. The third-order valence-corrected chi connectivity index (χ3v) is 4.27. The van der Waals surface area contributed by atoms with Crippen LogP contribution in [-0.4, -0.2) is 45.2 Å². The molecule has 1 aromatic rings. The van der Waals surface area contributed by atoms with E-state index in [-0.39, 0.29) is 5.91 Å². The van der Waals surface area contributed by atoms with Crippen LogP contribution >= 0.6 is 0 Å². The summed E-state index contributed by atoms with van der Waals surface area (Å²) in [6.45, 7) is 4.19. The number of benzene rings is 1.